The fourth-order valence-corrected chi connectivity index (χ4v) is 7.80. The monoisotopic (exact) mass is 569 g/mol. The predicted molar refractivity (Wildman–Crippen MR) is 158 cm³/mol. The van der Waals surface area contributed by atoms with Gasteiger partial charge in [0.2, 0.25) is 5.91 Å². The molecule has 2 fully saturated rings. The quantitative estimate of drug-likeness (QED) is 0.304. The summed E-state index contributed by atoms with van der Waals surface area (Å²) in [5.74, 6) is 1.03. The molecule has 1 aliphatic heterocycles. The molecule has 2 aromatic rings. The number of likely N-dealkylation sites (tertiary alicyclic amines) is 1. The van der Waals surface area contributed by atoms with Gasteiger partial charge in [0, 0.05) is 19.5 Å². The number of sulfone groups is 1. The van der Waals surface area contributed by atoms with Crippen LogP contribution >= 0.6 is 0 Å². The van der Waals surface area contributed by atoms with Gasteiger partial charge < -0.3 is 15.0 Å². The van der Waals surface area contributed by atoms with E-state index < -0.39 is 21.9 Å². The molecule has 1 heterocycles. The van der Waals surface area contributed by atoms with Crippen LogP contribution < -0.4 is 10.1 Å². The molecular weight excluding hydrogens is 526 g/mol. The maximum atomic E-state index is 13.0. The second-order valence-corrected chi connectivity index (χ2v) is 13.9. The van der Waals surface area contributed by atoms with E-state index in [1.165, 1.54) is 0 Å². The Labute approximate surface area is 238 Å². The Morgan fingerprint density at radius 3 is 2.42 bits per heavy atom. The molecular formula is C31H43N3O5S. The first-order chi connectivity index (χ1) is 19.3. The molecule has 0 radical (unpaired) electrons. The zero-order valence-electron chi connectivity index (χ0n) is 23.5. The van der Waals surface area contributed by atoms with Crippen LogP contribution in [-0.2, 0) is 21.2 Å². The van der Waals surface area contributed by atoms with E-state index >= 15 is 0 Å². The van der Waals surface area contributed by atoms with Crippen LogP contribution in [-0.4, -0.2) is 55.9 Å². The van der Waals surface area contributed by atoms with Crippen molar-refractivity contribution in [1.82, 2.24) is 10.2 Å². The number of amides is 1. The van der Waals surface area contributed by atoms with Crippen molar-refractivity contribution in [2.24, 2.45) is 11.1 Å². The average Bonchev–Trinajstić information content (AvgIpc) is 3.38. The van der Waals surface area contributed by atoms with Crippen LogP contribution in [0.4, 0.5) is 0 Å². The first-order valence-corrected chi connectivity index (χ1v) is 16.4. The molecule has 1 saturated heterocycles. The number of rotatable bonds is 14. The number of carbonyl (C=O) groups is 1. The van der Waals surface area contributed by atoms with E-state index in [9.17, 15) is 18.1 Å². The van der Waals surface area contributed by atoms with E-state index in [0.29, 0.717) is 30.4 Å². The van der Waals surface area contributed by atoms with Crippen LogP contribution in [0.1, 0.15) is 75.5 Å². The number of nitrogens with zero attached hydrogens (tertiary/aromatic N) is 2. The standard InChI is InChI=1S/C31H43N3O5S/c1-24-18-19-34(21-24)22-29(32-30(35)13-8-20-40(37,38)28-11-6-3-7-12-28)31(33-36)26-14-16-27(17-15-26)39-23-25-9-4-2-5-10-25/h2,4-5,9-10,14-17,24,28-29,31H,3,6-8,11-13,18-23H2,1H3,(H,32,35)/t24?,29-,31?/m1/s1. The maximum Gasteiger partial charge on any atom is 0.220 e. The molecule has 1 aliphatic carbocycles. The van der Waals surface area contributed by atoms with E-state index in [1.54, 1.807) is 0 Å². The molecule has 4 rings (SSSR count). The second kappa shape index (κ2) is 14.7. The molecule has 3 atom stereocenters. The van der Waals surface area contributed by atoms with Gasteiger partial charge in [0.05, 0.1) is 17.0 Å². The zero-order chi connectivity index (χ0) is 28.4. The van der Waals surface area contributed by atoms with Gasteiger partial charge in [-0.3, -0.25) is 4.79 Å². The van der Waals surface area contributed by atoms with Gasteiger partial charge in [0.15, 0.2) is 9.84 Å². The molecule has 9 heteroatoms. The first kappa shape index (κ1) is 30.2. The number of hydrogen-bond acceptors (Lipinski definition) is 7. The van der Waals surface area contributed by atoms with Crippen molar-refractivity contribution in [2.75, 3.05) is 25.4 Å². The number of nitroso groups, excluding NO2 is 1. The summed E-state index contributed by atoms with van der Waals surface area (Å²) in [6.07, 6.45) is 5.94. The molecule has 8 nitrogen and oxygen atoms in total. The van der Waals surface area contributed by atoms with Gasteiger partial charge in [-0.1, -0.05) is 73.8 Å². The topological polar surface area (TPSA) is 105 Å². The summed E-state index contributed by atoms with van der Waals surface area (Å²) < 4.78 is 31.4. The number of hydrogen-bond donors (Lipinski definition) is 1. The molecule has 40 heavy (non-hydrogen) atoms. The maximum absolute atomic E-state index is 13.0. The molecule has 2 aromatic carbocycles. The van der Waals surface area contributed by atoms with Gasteiger partial charge in [-0.15, -0.1) is 0 Å². The SMILES string of the molecule is CC1CCN(C[C@@H](NC(=O)CCCS(=O)(=O)C2CCCCC2)C(N=O)c2ccc(OCc3ccccc3)cc2)C1. The summed E-state index contributed by atoms with van der Waals surface area (Å²) >= 11 is 0. The number of ether oxygens (including phenoxy) is 1. The van der Waals surface area contributed by atoms with Gasteiger partial charge >= 0.3 is 0 Å². The molecule has 0 aromatic heterocycles. The van der Waals surface area contributed by atoms with Crippen LogP contribution in [0.15, 0.2) is 59.8 Å². The van der Waals surface area contributed by atoms with Crippen LogP contribution in [0, 0.1) is 10.8 Å². The Kier molecular flexibility index (Phi) is 11.1. The van der Waals surface area contributed by atoms with Crippen molar-refractivity contribution in [2.45, 2.75) is 82.2 Å². The molecule has 1 saturated carbocycles. The largest absolute Gasteiger partial charge is 0.489 e. The normalized spacial score (nSPS) is 20.1. The third-order valence-electron chi connectivity index (χ3n) is 8.17. The number of carbonyl (C=O) groups excluding carboxylic acids is 1. The number of nitrogens with one attached hydrogen (secondary N) is 1. The fraction of sp³-hybridized carbons (Fsp3) is 0.581. The fourth-order valence-electron chi connectivity index (χ4n) is 5.87. The lowest BCUT2D eigenvalue weighted by Crippen LogP contribution is -2.46. The Morgan fingerprint density at radius 2 is 1.77 bits per heavy atom. The Hall–Kier alpha value is -2.78. The molecule has 0 spiro atoms. The van der Waals surface area contributed by atoms with Gasteiger partial charge in [-0.05, 0) is 61.4 Å². The van der Waals surface area contributed by atoms with Gasteiger partial charge in [0.1, 0.15) is 18.4 Å². The van der Waals surface area contributed by atoms with Crippen molar-refractivity contribution >= 4 is 15.7 Å². The van der Waals surface area contributed by atoms with Crippen LogP contribution in [0.25, 0.3) is 0 Å². The van der Waals surface area contributed by atoms with Gasteiger partial charge in [-0.25, -0.2) is 8.42 Å². The molecule has 218 valence electrons. The van der Waals surface area contributed by atoms with Crippen molar-refractivity contribution in [3.8, 4) is 5.75 Å². The summed E-state index contributed by atoms with van der Waals surface area (Å²) in [6.45, 7) is 4.97. The number of benzene rings is 2. The lowest BCUT2D eigenvalue weighted by atomic mass is 9.99. The van der Waals surface area contributed by atoms with Crippen LogP contribution in [0.3, 0.4) is 0 Å². The van der Waals surface area contributed by atoms with E-state index in [-0.39, 0.29) is 29.8 Å². The first-order valence-electron chi connectivity index (χ1n) is 14.7. The second-order valence-electron chi connectivity index (χ2n) is 11.5. The molecule has 0 bridgehead atoms. The third kappa shape index (κ3) is 8.86. The summed E-state index contributed by atoms with van der Waals surface area (Å²) in [5, 5.41) is 6.22. The van der Waals surface area contributed by atoms with Gasteiger partial charge in [0.25, 0.3) is 0 Å². The third-order valence-corrected chi connectivity index (χ3v) is 10.5. The predicted octanol–water partition coefficient (Wildman–Crippen LogP) is 5.43. The summed E-state index contributed by atoms with van der Waals surface area (Å²) in [4.78, 5) is 27.4. The summed E-state index contributed by atoms with van der Waals surface area (Å²) in [5.41, 5.74) is 1.77. The van der Waals surface area contributed by atoms with Crippen molar-refractivity contribution in [3.63, 3.8) is 0 Å². The minimum absolute atomic E-state index is 0.0270. The van der Waals surface area contributed by atoms with E-state index in [0.717, 1.165) is 57.2 Å². The minimum Gasteiger partial charge on any atom is -0.489 e. The van der Waals surface area contributed by atoms with Crippen LogP contribution in [0.5, 0.6) is 5.75 Å². The van der Waals surface area contributed by atoms with Gasteiger partial charge in [-0.2, -0.15) is 4.91 Å². The molecule has 2 aliphatic rings. The van der Waals surface area contributed by atoms with Crippen molar-refractivity contribution < 1.29 is 17.9 Å². The minimum atomic E-state index is -3.19. The Bertz CT molecular complexity index is 1180. The highest BCUT2D eigenvalue weighted by molar-refractivity contribution is 7.92. The summed E-state index contributed by atoms with van der Waals surface area (Å²) in [6, 6.07) is 15.9. The smallest absolute Gasteiger partial charge is 0.220 e. The highest BCUT2D eigenvalue weighted by atomic mass is 32.2. The van der Waals surface area contributed by atoms with E-state index in [2.05, 4.69) is 22.3 Å². The summed E-state index contributed by atoms with van der Waals surface area (Å²) in [7, 11) is -3.19. The zero-order valence-corrected chi connectivity index (χ0v) is 24.4. The van der Waals surface area contributed by atoms with Crippen LogP contribution in [0.2, 0.25) is 0 Å². The Balaban J connectivity index is 1.37. The van der Waals surface area contributed by atoms with E-state index in [4.69, 9.17) is 4.74 Å². The molecule has 1 amide bonds. The van der Waals surface area contributed by atoms with E-state index in [1.807, 2.05) is 54.6 Å². The average molecular weight is 570 g/mol. The molecule has 1 N–H and O–H groups in total. The lowest BCUT2D eigenvalue weighted by molar-refractivity contribution is -0.122. The van der Waals surface area contributed by atoms with Crippen molar-refractivity contribution in [3.05, 3.63) is 70.6 Å². The molecule has 2 unspecified atom stereocenters. The highest BCUT2D eigenvalue weighted by Gasteiger charge is 2.31. The Morgan fingerprint density at radius 1 is 1.05 bits per heavy atom. The highest BCUT2D eigenvalue weighted by Crippen LogP contribution is 2.27. The lowest BCUT2D eigenvalue weighted by Gasteiger charge is -2.28. The van der Waals surface area contributed by atoms with Crippen molar-refractivity contribution in [1.29, 1.82) is 0 Å².